The summed E-state index contributed by atoms with van der Waals surface area (Å²) in [6.45, 7) is 3.53. The summed E-state index contributed by atoms with van der Waals surface area (Å²) in [5.74, 6) is 6.68. The Hall–Kier alpha value is -2.51. The van der Waals surface area contributed by atoms with Crippen molar-refractivity contribution in [1.29, 1.82) is 0 Å². The molecule has 4 heteroatoms. The molecule has 1 heterocycles. The van der Waals surface area contributed by atoms with Crippen LogP contribution >= 0.6 is 0 Å². The second-order valence-electron chi connectivity index (χ2n) is 4.68. The van der Waals surface area contributed by atoms with Crippen LogP contribution in [-0.4, -0.2) is 17.6 Å². The van der Waals surface area contributed by atoms with Crippen LogP contribution in [0, 0.1) is 18.8 Å². The van der Waals surface area contributed by atoms with Crippen molar-refractivity contribution in [2.24, 2.45) is 0 Å². The molecule has 2 N–H and O–H groups in total. The number of carbonyl (C=O) groups is 1. The molecule has 1 unspecified atom stereocenters. The van der Waals surface area contributed by atoms with Crippen molar-refractivity contribution in [3.8, 4) is 11.8 Å². The van der Waals surface area contributed by atoms with E-state index in [0.29, 0.717) is 11.1 Å². The molecule has 108 valence electrons. The molecule has 0 aliphatic carbocycles. The van der Waals surface area contributed by atoms with Crippen LogP contribution in [0.2, 0.25) is 0 Å². The van der Waals surface area contributed by atoms with Gasteiger partial charge < -0.3 is 14.8 Å². The summed E-state index contributed by atoms with van der Waals surface area (Å²) in [7, 11) is 0. The topological polar surface area (TPSA) is 62.5 Å². The van der Waals surface area contributed by atoms with E-state index in [1.807, 2.05) is 26.0 Å². The highest BCUT2D eigenvalue weighted by molar-refractivity contribution is 5.94. The van der Waals surface area contributed by atoms with E-state index in [-0.39, 0.29) is 18.6 Å². The van der Waals surface area contributed by atoms with Crippen LogP contribution in [0.5, 0.6) is 0 Å². The van der Waals surface area contributed by atoms with E-state index in [1.54, 1.807) is 24.3 Å². The van der Waals surface area contributed by atoms with Gasteiger partial charge in [0.1, 0.15) is 18.1 Å². The Balaban J connectivity index is 2.09. The fraction of sp³-hybridized carbons (Fsp3) is 0.235. The number of benzene rings is 1. The van der Waals surface area contributed by atoms with Crippen LogP contribution in [0.25, 0.3) is 0 Å². The summed E-state index contributed by atoms with van der Waals surface area (Å²) >= 11 is 0. The molecule has 0 spiro atoms. The molecule has 1 atom stereocenters. The molecule has 0 fully saturated rings. The molecular weight excluding hydrogens is 266 g/mol. The molecule has 0 aliphatic rings. The van der Waals surface area contributed by atoms with Gasteiger partial charge in [-0.1, -0.05) is 17.9 Å². The monoisotopic (exact) mass is 283 g/mol. The largest absolute Gasteiger partial charge is 0.464 e. The minimum atomic E-state index is -0.210. The lowest BCUT2D eigenvalue weighted by molar-refractivity contribution is 0.0935. The molecule has 0 saturated carbocycles. The van der Waals surface area contributed by atoms with Crippen molar-refractivity contribution in [3.63, 3.8) is 0 Å². The molecule has 4 nitrogen and oxygen atoms in total. The second-order valence-corrected chi connectivity index (χ2v) is 4.68. The van der Waals surface area contributed by atoms with Gasteiger partial charge in [-0.25, -0.2) is 0 Å². The van der Waals surface area contributed by atoms with E-state index in [2.05, 4.69) is 17.2 Å². The number of amides is 1. The number of aliphatic hydroxyl groups is 1. The first-order valence-electron chi connectivity index (χ1n) is 6.67. The summed E-state index contributed by atoms with van der Waals surface area (Å²) in [5.41, 5.74) is 1.22. The van der Waals surface area contributed by atoms with Crippen molar-refractivity contribution in [3.05, 3.63) is 59.0 Å². The number of nitrogens with one attached hydrogen (secondary N) is 1. The van der Waals surface area contributed by atoms with Crippen LogP contribution in [0.3, 0.4) is 0 Å². The lowest BCUT2D eigenvalue weighted by atomic mass is 10.1. The normalized spacial score (nSPS) is 11.4. The molecular formula is C17H17NO3. The maximum absolute atomic E-state index is 12.2. The van der Waals surface area contributed by atoms with Gasteiger partial charge in [0.2, 0.25) is 0 Å². The van der Waals surface area contributed by atoms with Crippen molar-refractivity contribution in [1.82, 2.24) is 5.32 Å². The summed E-state index contributed by atoms with van der Waals surface area (Å²) in [6.07, 6.45) is 0. The van der Waals surface area contributed by atoms with Crippen molar-refractivity contribution >= 4 is 5.91 Å². The minimum Gasteiger partial charge on any atom is -0.464 e. The van der Waals surface area contributed by atoms with E-state index in [0.717, 1.165) is 11.5 Å². The van der Waals surface area contributed by atoms with E-state index < -0.39 is 0 Å². The number of aliphatic hydroxyl groups excluding tert-OH is 1. The Labute approximate surface area is 123 Å². The summed E-state index contributed by atoms with van der Waals surface area (Å²) < 4.78 is 5.49. The van der Waals surface area contributed by atoms with Gasteiger partial charge in [-0.3, -0.25) is 4.79 Å². The summed E-state index contributed by atoms with van der Waals surface area (Å²) in [4.78, 5) is 12.2. The van der Waals surface area contributed by atoms with E-state index in [9.17, 15) is 4.79 Å². The van der Waals surface area contributed by atoms with Crippen LogP contribution in [-0.2, 0) is 0 Å². The molecule has 2 aromatic rings. The maximum Gasteiger partial charge on any atom is 0.251 e. The van der Waals surface area contributed by atoms with Crippen molar-refractivity contribution in [2.75, 3.05) is 6.61 Å². The maximum atomic E-state index is 12.2. The fourth-order valence-electron chi connectivity index (χ4n) is 1.92. The summed E-state index contributed by atoms with van der Waals surface area (Å²) in [5, 5.41) is 11.6. The molecule has 0 aliphatic heterocycles. The zero-order valence-corrected chi connectivity index (χ0v) is 12.0. The van der Waals surface area contributed by atoms with Crippen molar-refractivity contribution < 1.29 is 14.3 Å². The number of rotatable bonds is 3. The van der Waals surface area contributed by atoms with Crippen molar-refractivity contribution in [2.45, 2.75) is 19.9 Å². The lowest BCUT2D eigenvalue weighted by Gasteiger charge is -2.11. The van der Waals surface area contributed by atoms with Gasteiger partial charge in [-0.05, 0) is 44.2 Å². The number of hydrogen-bond donors (Lipinski definition) is 2. The lowest BCUT2D eigenvalue weighted by Crippen LogP contribution is -2.26. The van der Waals surface area contributed by atoms with Gasteiger partial charge in [-0.2, -0.15) is 0 Å². The van der Waals surface area contributed by atoms with E-state index in [1.165, 1.54) is 0 Å². The Morgan fingerprint density at radius 3 is 2.86 bits per heavy atom. The van der Waals surface area contributed by atoms with Crippen LogP contribution < -0.4 is 5.32 Å². The first-order valence-corrected chi connectivity index (χ1v) is 6.67. The van der Waals surface area contributed by atoms with E-state index in [4.69, 9.17) is 9.52 Å². The SMILES string of the molecule is Cc1ccc(C(C)NC(=O)c2cccc(C#CCO)c2)o1. The average Bonchev–Trinajstić information content (AvgIpc) is 2.92. The predicted molar refractivity (Wildman–Crippen MR) is 79.7 cm³/mol. The predicted octanol–water partition coefficient (Wildman–Crippen LogP) is 2.42. The Kier molecular flexibility index (Phi) is 4.81. The smallest absolute Gasteiger partial charge is 0.251 e. The van der Waals surface area contributed by atoms with Gasteiger partial charge in [0.05, 0.1) is 6.04 Å². The molecule has 0 saturated heterocycles. The van der Waals surface area contributed by atoms with Gasteiger partial charge in [0.15, 0.2) is 0 Å². The van der Waals surface area contributed by atoms with Crippen LogP contribution in [0.15, 0.2) is 40.8 Å². The van der Waals surface area contributed by atoms with Gasteiger partial charge in [-0.15, -0.1) is 0 Å². The molecule has 1 aromatic heterocycles. The fourth-order valence-corrected chi connectivity index (χ4v) is 1.92. The minimum absolute atomic E-state index is 0.191. The molecule has 0 radical (unpaired) electrons. The highest BCUT2D eigenvalue weighted by Crippen LogP contribution is 2.16. The molecule has 2 rings (SSSR count). The standard InChI is InChI=1S/C17H17NO3/c1-12-8-9-16(21-12)13(2)18-17(20)15-7-3-5-14(11-15)6-4-10-19/h3,5,7-9,11,13,19H,10H2,1-2H3,(H,18,20). The number of carbonyl (C=O) groups excluding carboxylic acids is 1. The Morgan fingerprint density at radius 1 is 1.38 bits per heavy atom. The first-order chi connectivity index (χ1) is 10.1. The van der Waals surface area contributed by atoms with Gasteiger partial charge in [0, 0.05) is 11.1 Å². The number of furan rings is 1. The average molecular weight is 283 g/mol. The zero-order chi connectivity index (χ0) is 15.2. The first kappa shape index (κ1) is 14.9. The van der Waals surface area contributed by atoms with Gasteiger partial charge in [0.25, 0.3) is 5.91 Å². The van der Waals surface area contributed by atoms with Crippen LogP contribution in [0.1, 0.15) is 40.4 Å². The van der Waals surface area contributed by atoms with Crippen LogP contribution in [0.4, 0.5) is 0 Å². The second kappa shape index (κ2) is 6.78. The third kappa shape index (κ3) is 3.98. The number of aryl methyl sites for hydroxylation is 1. The molecule has 1 amide bonds. The molecule has 1 aromatic carbocycles. The zero-order valence-electron chi connectivity index (χ0n) is 12.0. The summed E-state index contributed by atoms with van der Waals surface area (Å²) in [6, 6.07) is 10.5. The Bertz CT molecular complexity index is 691. The third-order valence-corrected chi connectivity index (χ3v) is 2.97. The third-order valence-electron chi connectivity index (χ3n) is 2.97. The number of hydrogen-bond acceptors (Lipinski definition) is 3. The molecule has 0 bridgehead atoms. The van der Waals surface area contributed by atoms with Gasteiger partial charge >= 0.3 is 0 Å². The highest BCUT2D eigenvalue weighted by atomic mass is 16.3. The van der Waals surface area contributed by atoms with E-state index >= 15 is 0 Å². The molecule has 21 heavy (non-hydrogen) atoms. The highest BCUT2D eigenvalue weighted by Gasteiger charge is 2.14. The quantitative estimate of drug-likeness (QED) is 0.850. The Morgan fingerprint density at radius 2 is 2.19 bits per heavy atom.